The van der Waals surface area contributed by atoms with Crippen LogP contribution in [0.15, 0.2) is 53.5 Å². The van der Waals surface area contributed by atoms with E-state index >= 15 is 0 Å². The number of hydrogen-bond donors (Lipinski definition) is 1. The molecular weight excluding hydrogens is 453 g/mol. The molecule has 1 N–H and O–H groups in total. The Hall–Kier alpha value is -2.59. The average Bonchev–Trinajstić information content (AvgIpc) is 3.41. The molecule has 0 radical (unpaired) electrons. The summed E-state index contributed by atoms with van der Waals surface area (Å²) >= 11 is 0. The third-order valence-electron chi connectivity index (χ3n) is 6.84. The van der Waals surface area contributed by atoms with Gasteiger partial charge in [0.1, 0.15) is 0 Å². The maximum Gasteiger partial charge on any atom is 0.511 e. The molecule has 2 aromatic rings. The standard InChI is InChI=1S/C23H25F3N4O2S/c24-23(25,26)33(31,32)29-12-18-7-3-4-8-21(18)30(13-20-11-27-15-28-20)22(14-29)19-9-16-5-1-2-6-17(16)10-19/h1-8,15,19-20,22H,9-14H2,(H,27,28)/t20?,22-/m1/s1. The summed E-state index contributed by atoms with van der Waals surface area (Å²) < 4.78 is 66.5. The molecule has 2 heterocycles. The Labute approximate surface area is 191 Å². The topological polar surface area (TPSA) is 65.0 Å². The molecule has 2 atom stereocenters. The van der Waals surface area contributed by atoms with Gasteiger partial charge in [0.15, 0.2) is 0 Å². The molecule has 2 aliphatic heterocycles. The summed E-state index contributed by atoms with van der Waals surface area (Å²) in [6, 6.07) is 14.8. The monoisotopic (exact) mass is 478 g/mol. The van der Waals surface area contributed by atoms with Gasteiger partial charge in [-0.15, -0.1) is 0 Å². The molecule has 3 aliphatic rings. The minimum atomic E-state index is -5.48. The van der Waals surface area contributed by atoms with Gasteiger partial charge in [-0.05, 0) is 41.5 Å². The van der Waals surface area contributed by atoms with Crippen LogP contribution in [0.25, 0.3) is 0 Å². The number of nitrogens with zero attached hydrogens (tertiary/aromatic N) is 3. The van der Waals surface area contributed by atoms with Gasteiger partial charge in [-0.25, -0.2) is 8.42 Å². The highest BCUT2D eigenvalue weighted by Crippen LogP contribution is 2.39. The van der Waals surface area contributed by atoms with E-state index in [0.29, 0.717) is 35.8 Å². The molecule has 0 saturated heterocycles. The third-order valence-corrected chi connectivity index (χ3v) is 8.39. The fraction of sp³-hybridized carbons (Fsp3) is 0.435. The van der Waals surface area contributed by atoms with E-state index in [2.05, 4.69) is 15.2 Å². The molecule has 0 saturated carbocycles. The molecule has 10 heteroatoms. The van der Waals surface area contributed by atoms with Crippen molar-refractivity contribution < 1.29 is 21.6 Å². The van der Waals surface area contributed by atoms with Crippen molar-refractivity contribution >= 4 is 22.0 Å². The van der Waals surface area contributed by atoms with Gasteiger partial charge < -0.3 is 10.2 Å². The van der Waals surface area contributed by atoms with E-state index in [1.54, 1.807) is 18.5 Å². The fourth-order valence-corrected chi connectivity index (χ4v) is 6.19. The number of hydrogen-bond acceptors (Lipinski definition) is 5. The summed E-state index contributed by atoms with van der Waals surface area (Å²) in [5.41, 5.74) is -1.64. The predicted molar refractivity (Wildman–Crippen MR) is 121 cm³/mol. The van der Waals surface area contributed by atoms with Gasteiger partial charge in [0, 0.05) is 31.4 Å². The van der Waals surface area contributed by atoms with Gasteiger partial charge in [0.05, 0.1) is 18.9 Å². The largest absolute Gasteiger partial charge is 0.511 e. The van der Waals surface area contributed by atoms with Crippen molar-refractivity contribution in [2.75, 3.05) is 24.5 Å². The number of rotatable bonds is 4. The zero-order valence-corrected chi connectivity index (χ0v) is 18.7. The zero-order valence-electron chi connectivity index (χ0n) is 17.9. The van der Waals surface area contributed by atoms with Crippen LogP contribution in [-0.4, -0.2) is 56.3 Å². The lowest BCUT2D eigenvalue weighted by Crippen LogP contribution is -2.53. The van der Waals surface area contributed by atoms with Crippen LogP contribution in [0.5, 0.6) is 0 Å². The molecule has 0 spiro atoms. The maximum atomic E-state index is 13.6. The van der Waals surface area contributed by atoms with Crippen LogP contribution in [-0.2, 0) is 29.4 Å². The van der Waals surface area contributed by atoms with Gasteiger partial charge in [0.25, 0.3) is 0 Å². The molecule has 0 amide bonds. The van der Waals surface area contributed by atoms with E-state index in [0.717, 1.165) is 5.69 Å². The van der Waals surface area contributed by atoms with Gasteiger partial charge in [0.2, 0.25) is 0 Å². The Morgan fingerprint density at radius 1 is 1.00 bits per heavy atom. The summed E-state index contributed by atoms with van der Waals surface area (Å²) in [7, 11) is -5.48. The van der Waals surface area contributed by atoms with Crippen molar-refractivity contribution in [2.24, 2.45) is 10.9 Å². The molecule has 33 heavy (non-hydrogen) atoms. The van der Waals surface area contributed by atoms with Gasteiger partial charge in [-0.2, -0.15) is 17.5 Å². The van der Waals surface area contributed by atoms with E-state index in [-0.39, 0.29) is 25.0 Å². The van der Waals surface area contributed by atoms with E-state index in [9.17, 15) is 21.6 Å². The third kappa shape index (κ3) is 4.10. The fourth-order valence-electron chi connectivity index (χ4n) is 5.24. The lowest BCUT2D eigenvalue weighted by Gasteiger charge is -2.39. The van der Waals surface area contributed by atoms with Crippen LogP contribution in [0.3, 0.4) is 0 Å². The zero-order chi connectivity index (χ0) is 23.2. The maximum absolute atomic E-state index is 13.6. The number of halogens is 3. The normalized spacial score (nSPS) is 23.8. The predicted octanol–water partition coefficient (Wildman–Crippen LogP) is 2.94. The smallest absolute Gasteiger partial charge is 0.370 e. The Balaban J connectivity index is 1.57. The lowest BCUT2D eigenvalue weighted by molar-refractivity contribution is -0.0493. The molecule has 2 aromatic carbocycles. The number of para-hydroxylation sites is 1. The van der Waals surface area contributed by atoms with Crippen molar-refractivity contribution in [3.8, 4) is 0 Å². The average molecular weight is 479 g/mol. The first-order chi connectivity index (χ1) is 15.7. The SMILES string of the molecule is O=S(=O)(N1Cc2ccccc2N(CC2CN=CN2)[C@@H](C2Cc3ccccc3C2)C1)C(F)(F)F. The first-order valence-electron chi connectivity index (χ1n) is 11.0. The highest BCUT2D eigenvalue weighted by molar-refractivity contribution is 7.89. The van der Waals surface area contributed by atoms with Gasteiger partial charge in [-0.1, -0.05) is 42.5 Å². The Bertz CT molecular complexity index is 1140. The van der Waals surface area contributed by atoms with E-state index in [1.165, 1.54) is 11.1 Å². The van der Waals surface area contributed by atoms with Crippen molar-refractivity contribution in [1.29, 1.82) is 0 Å². The number of benzene rings is 2. The van der Waals surface area contributed by atoms with E-state index in [4.69, 9.17) is 0 Å². The first kappa shape index (κ1) is 22.2. The molecule has 0 aromatic heterocycles. The summed E-state index contributed by atoms with van der Waals surface area (Å²) in [5.74, 6) is -0.0122. The molecule has 6 nitrogen and oxygen atoms in total. The summed E-state index contributed by atoms with van der Waals surface area (Å²) in [5, 5.41) is 3.20. The molecule has 5 rings (SSSR count). The van der Waals surface area contributed by atoms with E-state index < -0.39 is 21.6 Å². The van der Waals surface area contributed by atoms with Crippen molar-refractivity contribution in [2.45, 2.75) is 37.0 Å². The molecule has 0 fully saturated rings. The van der Waals surface area contributed by atoms with Crippen LogP contribution >= 0.6 is 0 Å². The number of sulfonamides is 1. The van der Waals surface area contributed by atoms with E-state index in [1.807, 2.05) is 36.4 Å². The van der Waals surface area contributed by atoms with Crippen molar-refractivity contribution in [3.63, 3.8) is 0 Å². The quantitative estimate of drug-likeness (QED) is 0.734. The second-order valence-electron chi connectivity index (χ2n) is 8.89. The minimum absolute atomic E-state index is 0.00936. The highest BCUT2D eigenvalue weighted by Gasteiger charge is 2.52. The number of fused-ring (bicyclic) bond motifs is 2. The number of aliphatic imine (C=N–C) groups is 1. The van der Waals surface area contributed by atoms with Gasteiger partial charge >= 0.3 is 15.5 Å². The molecule has 0 bridgehead atoms. The number of anilines is 1. The first-order valence-corrected chi connectivity index (χ1v) is 12.4. The molecule has 176 valence electrons. The van der Waals surface area contributed by atoms with Crippen LogP contribution in [0.4, 0.5) is 18.9 Å². The molecular formula is C23H25F3N4O2S. The summed E-state index contributed by atoms with van der Waals surface area (Å²) in [6.07, 6.45) is 3.05. The molecule has 1 aliphatic carbocycles. The highest BCUT2D eigenvalue weighted by atomic mass is 32.2. The molecule has 1 unspecified atom stereocenters. The van der Waals surface area contributed by atoms with Crippen molar-refractivity contribution in [3.05, 3.63) is 65.2 Å². The summed E-state index contributed by atoms with van der Waals surface area (Å²) in [6.45, 7) is 0.567. The minimum Gasteiger partial charge on any atom is -0.370 e. The Kier molecular flexibility index (Phi) is 5.60. The second-order valence-corrected chi connectivity index (χ2v) is 10.8. The number of alkyl halides is 3. The Morgan fingerprint density at radius 2 is 1.64 bits per heavy atom. The van der Waals surface area contributed by atoms with Gasteiger partial charge in [-0.3, -0.25) is 4.99 Å². The summed E-state index contributed by atoms with van der Waals surface area (Å²) in [4.78, 5) is 6.35. The van der Waals surface area contributed by atoms with Crippen LogP contribution in [0, 0.1) is 5.92 Å². The Morgan fingerprint density at radius 3 is 2.24 bits per heavy atom. The van der Waals surface area contributed by atoms with Crippen molar-refractivity contribution in [1.82, 2.24) is 9.62 Å². The van der Waals surface area contributed by atoms with Crippen LogP contribution < -0.4 is 10.2 Å². The number of nitrogens with one attached hydrogen (secondary N) is 1. The van der Waals surface area contributed by atoms with Crippen LogP contribution in [0.2, 0.25) is 0 Å². The van der Waals surface area contributed by atoms with Crippen LogP contribution in [0.1, 0.15) is 16.7 Å². The lowest BCUT2D eigenvalue weighted by atomic mass is 9.94. The second kappa shape index (κ2) is 8.32.